The summed E-state index contributed by atoms with van der Waals surface area (Å²) in [5.41, 5.74) is 5.03. The molecule has 132 valence electrons. The molecule has 0 aliphatic carbocycles. The Morgan fingerprint density at radius 1 is 1.12 bits per heavy atom. The third kappa shape index (κ3) is 4.37. The predicted octanol–water partition coefficient (Wildman–Crippen LogP) is 1.90. The molecule has 0 fully saturated rings. The number of fused-ring (bicyclic) bond motifs is 1. The third-order valence-corrected chi connectivity index (χ3v) is 4.66. The SMILES string of the molecule is Cc1ccc(NS(C)(=O)=O)c(C(=O)NCc2ccc3c(c2)CNC3)c1. The van der Waals surface area contributed by atoms with Crippen molar-refractivity contribution in [2.24, 2.45) is 0 Å². The lowest BCUT2D eigenvalue weighted by atomic mass is 10.1. The highest BCUT2D eigenvalue weighted by molar-refractivity contribution is 7.92. The predicted molar refractivity (Wildman–Crippen MR) is 97.8 cm³/mol. The minimum atomic E-state index is -3.46. The summed E-state index contributed by atoms with van der Waals surface area (Å²) >= 11 is 0. The van der Waals surface area contributed by atoms with Crippen LogP contribution in [0.15, 0.2) is 36.4 Å². The minimum absolute atomic E-state index is 0.281. The second-order valence-corrected chi connectivity index (χ2v) is 8.06. The van der Waals surface area contributed by atoms with Gasteiger partial charge in [-0.1, -0.05) is 29.8 Å². The van der Waals surface area contributed by atoms with E-state index in [0.29, 0.717) is 12.1 Å². The van der Waals surface area contributed by atoms with Crippen LogP contribution in [0.25, 0.3) is 0 Å². The molecule has 3 N–H and O–H groups in total. The van der Waals surface area contributed by atoms with E-state index in [1.165, 1.54) is 11.1 Å². The minimum Gasteiger partial charge on any atom is -0.348 e. The lowest BCUT2D eigenvalue weighted by molar-refractivity contribution is 0.0951. The Kier molecular flexibility index (Phi) is 4.78. The Morgan fingerprint density at radius 2 is 1.88 bits per heavy atom. The first-order valence-electron chi connectivity index (χ1n) is 8.00. The molecule has 2 aromatic carbocycles. The number of sulfonamides is 1. The van der Waals surface area contributed by atoms with Gasteiger partial charge in [0.25, 0.3) is 5.91 Å². The van der Waals surface area contributed by atoms with Gasteiger partial charge in [-0.3, -0.25) is 9.52 Å². The molecule has 0 unspecified atom stereocenters. The van der Waals surface area contributed by atoms with E-state index in [4.69, 9.17) is 0 Å². The summed E-state index contributed by atoms with van der Waals surface area (Å²) in [5, 5.41) is 6.15. The normalized spacial score (nSPS) is 13.4. The van der Waals surface area contributed by atoms with Crippen molar-refractivity contribution in [3.8, 4) is 0 Å². The van der Waals surface area contributed by atoms with Gasteiger partial charge in [-0.05, 0) is 35.7 Å². The molecule has 25 heavy (non-hydrogen) atoms. The zero-order valence-electron chi connectivity index (χ0n) is 14.2. The molecule has 0 saturated carbocycles. The Balaban J connectivity index is 1.76. The van der Waals surface area contributed by atoms with Crippen LogP contribution in [0.4, 0.5) is 5.69 Å². The van der Waals surface area contributed by atoms with E-state index < -0.39 is 10.0 Å². The van der Waals surface area contributed by atoms with Crippen molar-refractivity contribution in [1.82, 2.24) is 10.6 Å². The Hall–Kier alpha value is -2.38. The highest BCUT2D eigenvalue weighted by atomic mass is 32.2. The van der Waals surface area contributed by atoms with E-state index in [1.807, 2.05) is 13.0 Å². The van der Waals surface area contributed by atoms with Gasteiger partial charge in [0, 0.05) is 19.6 Å². The number of hydrogen-bond acceptors (Lipinski definition) is 4. The molecule has 1 aliphatic rings. The average Bonchev–Trinajstić information content (AvgIpc) is 3.00. The van der Waals surface area contributed by atoms with Crippen LogP contribution in [0.2, 0.25) is 0 Å². The lowest BCUT2D eigenvalue weighted by Gasteiger charge is -2.12. The van der Waals surface area contributed by atoms with Crippen LogP contribution in [0.1, 0.15) is 32.6 Å². The summed E-state index contributed by atoms with van der Waals surface area (Å²) < 4.78 is 25.4. The van der Waals surface area contributed by atoms with Crippen LogP contribution >= 0.6 is 0 Å². The number of rotatable bonds is 5. The highest BCUT2D eigenvalue weighted by Gasteiger charge is 2.15. The number of carbonyl (C=O) groups is 1. The van der Waals surface area contributed by atoms with Crippen molar-refractivity contribution in [3.63, 3.8) is 0 Å². The molecule has 0 saturated heterocycles. The number of carbonyl (C=O) groups excluding carboxylic acids is 1. The molecule has 0 bridgehead atoms. The van der Waals surface area contributed by atoms with E-state index in [1.54, 1.807) is 18.2 Å². The van der Waals surface area contributed by atoms with Gasteiger partial charge in [-0.2, -0.15) is 0 Å². The molecule has 3 rings (SSSR count). The molecular weight excluding hydrogens is 338 g/mol. The van der Waals surface area contributed by atoms with Gasteiger partial charge in [-0.25, -0.2) is 8.42 Å². The first kappa shape index (κ1) is 17.4. The largest absolute Gasteiger partial charge is 0.348 e. The Labute approximate surface area is 147 Å². The number of amides is 1. The second-order valence-electron chi connectivity index (χ2n) is 6.31. The van der Waals surface area contributed by atoms with E-state index >= 15 is 0 Å². The topological polar surface area (TPSA) is 87.3 Å². The second kappa shape index (κ2) is 6.85. The maximum Gasteiger partial charge on any atom is 0.253 e. The maximum atomic E-state index is 12.6. The van der Waals surface area contributed by atoms with Crippen molar-refractivity contribution in [1.29, 1.82) is 0 Å². The average molecular weight is 359 g/mol. The number of benzene rings is 2. The molecule has 0 spiro atoms. The fraction of sp³-hybridized carbons (Fsp3) is 0.278. The zero-order chi connectivity index (χ0) is 18.0. The number of hydrogen-bond donors (Lipinski definition) is 3. The van der Waals surface area contributed by atoms with Crippen molar-refractivity contribution in [2.75, 3.05) is 11.0 Å². The first-order chi connectivity index (χ1) is 11.8. The van der Waals surface area contributed by atoms with E-state index in [9.17, 15) is 13.2 Å². The van der Waals surface area contributed by atoms with Gasteiger partial charge >= 0.3 is 0 Å². The quantitative estimate of drug-likeness (QED) is 0.761. The number of anilines is 1. The fourth-order valence-corrected chi connectivity index (χ4v) is 3.45. The van der Waals surface area contributed by atoms with Crippen LogP contribution in [0, 0.1) is 6.92 Å². The third-order valence-electron chi connectivity index (χ3n) is 4.07. The molecule has 6 nitrogen and oxygen atoms in total. The smallest absolute Gasteiger partial charge is 0.253 e. The monoisotopic (exact) mass is 359 g/mol. The molecule has 0 radical (unpaired) electrons. The standard InChI is InChI=1S/C18H21N3O3S/c1-12-3-6-17(21-25(2,23)24)16(7-12)18(22)20-9-13-4-5-14-10-19-11-15(14)8-13/h3-8,19,21H,9-11H2,1-2H3,(H,20,22). The molecule has 0 aromatic heterocycles. The van der Waals surface area contributed by atoms with Gasteiger partial charge in [0.15, 0.2) is 0 Å². The number of nitrogens with one attached hydrogen (secondary N) is 3. The summed E-state index contributed by atoms with van der Waals surface area (Å²) in [7, 11) is -3.46. The van der Waals surface area contributed by atoms with Crippen LogP contribution in [-0.4, -0.2) is 20.6 Å². The van der Waals surface area contributed by atoms with Crippen LogP contribution < -0.4 is 15.4 Å². The van der Waals surface area contributed by atoms with E-state index in [2.05, 4.69) is 27.5 Å². The highest BCUT2D eigenvalue weighted by Crippen LogP contribution is 2.20. The van der Waals surface area contributed by atoms with Gasteiger partial charge in [0.2, 0.25) is 10.0 Å². The molecule has 0 atom stereocenters. The summed E-state index contributed by atoms with van der Waals surface area (Å²) in [4.78, 5) is 12.6. The molecule has 2 aromatic rings. The first-order valence-corrected chi connectivity index (χ1v) is 9.89. The molecule has 1 aliphatic heterocycles. The van der Waals surface area contributed by atoms with Crippen LogP contribution in [0.5, 0.6) is 0 Å². The van der Waals surface area contributed by atoms with Crippen molar-refractivity contribution in [3.05, 3.63) is 64.2 Å². The fourth-order valence-electron chi connectivity index (χ4n) is 2.87. The van der Waals surface area contributed by atoms with Gasteiger partial charge in [0.1, 0.15) is 0 Å². The summed E-state index contributed by atoms with van der Waals surface area (Å²) in [6.45, 7) is 3.97. The Morgan fingerprint density at radius 3 is 2.64 bits per heavy atom. The van der Waals surface area contributed by atoms with Crippen LogP contribution in [-0.2, 0) is 29.7 Å². The lowest BCUT2D eigenvalue weighted by Crippen LogP contribution is -2.25. The number of aryl methyl sites for hydroxylation is 1. The van der Waals surface area contributed by atoms with Gasteiger partial charge < -0.3 is 10.6 Å². The molecule has 1 amide bonds. The molecule has 1 heterocycles. The van der Waals surface area contributed by atoms with E-state index in [-0.39, 0.29) is 11.6 Å². The molecule has 7 heteroatoms. The summed E-state index contributed by atoms with van der Waals surface area (Å²) in [6.07, 6.45) is 1.06. The van der Waals surface area contributed by atoms with Gasteiger partial charge in [0.05, 0.1) is 17.5 Å². The summed E-state index contributed by atoms with van der Waals surface area (Å²) in [5.74, 6) is -0.312. The van der Waals surface area contributed by atoms with Crippen LogP contribution in [0.3, 0.4) is 0 Å². The summed E-state index contributed by atoms with van der Waals surface area (Å²) in [6, 6.07) is 11.2. The zero-order valence-corrected chi connectivity index (χ0v) is 15.0. The van der Waals surface area contributed by atoms with Crippen molar-refractivity contribution >= 4 is 21.6 Å². The molecular formula is C18H21N3O3S. The van der Waals surface area contributed by atoms with Gasteiger partial charge in [-0.15, -0.1) is 0 Å². The van der Waals surface area contributed by atoms with E-state index in [0.717, 1.165) is 30.5 Å². The maximum absolute atomic E-state index is 12.6. The Bertz CT molecular complexity index is 923. The van der Waals surface area contributed by atoms with Crippen molar-refractivity contribution < 1.29 is 13.2 Å². The van der Waals surface area contributed by atoms with Crippen molar-refractivity contribution in [2.45, 2.75) is 26.6 Å².